The summed E-state index contributed by atoms with van der Waals surface area (Å²) < 4.78 is 6.53. The van der Waals surface area contributed by atoms with Crippen LogP contribution in [0.1, 0.15) is 0 Å². The molecule has 0 aliphatic heterocycles. The van der Waals surface area contributed by atoms with E-state index in [2.05, 4.69) is 158 Å². The molecule has 0 saturated heterocycles. The third-order valence-corrected chi connectivity index (χ3v) is 11.1. The first-order chi connectivity index (χ1) is 29.2. The van der Waals surface area contributed by atoms with Crippen molar-refractivity contribution in [3.05, 3.63) is 212 Å². The van der Waals surface area contributed by atoms with Crippen LogP contribution >= 0.6 is 0 Å². The maximum Gasteiger partial charge on any atom is 0.162 e. The summed E-state index contributed by atoms with van der Waals surface area (Å²) in [5.74, 6) is 0.690. The van der Waals surface area contributed by atoms with Crippen LogP contribution in [0.25, 0.3) is 111 Å². The molecule has 0 aliphatic carbocycles. The maximum atomic E-state index is 6.53. The first-order valence-corrected chi connectivity index (χ1v) is 19.8. The van der Waals surface area contributed by atoms with Crippen LogP contribution < -0.4 is 0 Å². The van der Waals surface area contributed by atoms with Gasteiger partial charge in [-0.1, -0.05) is 188 Å². The normalized spacial score (nSPS) is 11.4. The molecule has 3 aromatic heterocycles. The zero-order valence-electron chi connectivity index (χ0n) is 32.0. The number of furan rings is 1. The number of aromatic nitrogens is 3. The van der Waals surface area contributed by atoms with Crippen LogP contribution in [0.15, 0.2) is 217 Å². The Labute approximate surface area is 341 Å². The van der Waals surface area contributed by atoms with E-state index < -0.39 is 0 Å². The molecule has 3 heterocycles. The Hall–Kier alpha value is -7.95. The van der Waals surface area contributed by atoms with Gasteiger partial charge in [0, 0.05) is 44.0 Å². The highest BCUT2D eigenvalue weighted by Crippen LogP contribution is 2.42. The lowest BCUT2D eigenvalue weighted by Crippen LogP contribution is -1.96. The number of nitrogens with zero attached hydrogens (tertiary/aromatic N) is 3. The Bertz CT molecular complexity index is 3300. The Morgan fingerprint density at radius 3 is 1.56 bits per heavy atom. The smallest absolute Gasteiger partial charge is 0.162 e. The number of para-hydroxylation sites is 2. The van der Waals surface area contributed by atoms with Crippen molar-refractivity contribution in [2.75, 3.05) is 0 Å². The van der Waals surface area contributed by atoms with Crippen molar-refractivity contribution in [3.63, 3.8) is 0 Å². The van der Waals surface area contributed by atoms with Gasteiger partial charge in [0.2, 0.25) is 0 Å². The molecule has 0 aliphatic rings. The minimum absolute atomic E-state index is 0.690. The lowest BCUT2D eigenvalue weighted by Gasteiger charge is -2.13. The van der Waals surface area contributed by atoms with E-state index in [0.717, 1.165) is 94.4 Å². The Morgan fingerprint density at radius 1 is 0.322 bits per heavy atom. The second-order valence-corrected chi connectivity index (χ2v) is 14.8. The summed E-state index contributed by atoms with van der Waals surface area (Å²) in [5.41, 5.74) is 15.9. The monoisotopic (exact) mass is 753 g/mol. The van der Waals surface area contributed by atoms with Gasteiger partial charge in [0.1, 0.15) is 11.3 Å². The van der Waals surface area contributed by atoms with Gasteiger partial charge in [0.15, 0.2) is 11.4 Å². The third kappa shape index (κ3) is 6.34. The second-order valence-electron chi connectivity index (χ2n) is 14.8. The zero-order chi connectivity index (χ0) is 39.1. The summed E-state index contributed by atoms with van der Waals surface area (Å²) in [4.78, 5) is 15.6. The molecular weight excluding hydrogens is 719 g/mol. The van der Waals surface area contributed by atoms with Gasteiger partial charge in [-0.2, -0.15) is 0 Å². The number of hydrogen-bond donors (Lipinski definition) is 0. The van der Waals surface area contributed by atoms with Gasteiger partial charge in [-0.3, -0.25) is 0 Å². The van der Waals surface area contributed by atoms with Crippen molar-refractivity contribution in [2.24, 2.45) is 0 Å². The molecule has 11 aromatic rings. The molecule has 0 atom stereocenters. The van der Waals surface area contributed by atoms with Crippen molar-refractivity contribution < 1.29 is 4.42 Å². The van der Waals surface area contributed by atoms with Crippen LogP contribution in [-0.4, -0.2) is 15.0 Å². The summed E-state index contributed by atoms with van der Waals surface area (Å²) in [6, 6.07) is 73.8. The summed E-state index contributed by atoms with van der Waals surface area (Å²) >= 11 is 0. The lowest BCUT2D eigenvalue weighted by molar-refractivity contribution is 0.669. The first kappa shape index (κ1) is 34.3. The minimum atomic E-state index is 0.690. The highest BCUT2D eigenvalue weighted by atomic mass is 16.3. The molecule has 4 heteroatoms. The number of benzene rings is 8. The number of hydrogen-bond acceptors (Lipinski definition) is 4. The van der Waals surface area contributed by atoms with Crippen LogP contribution in [-0.2, 0) is 0 Å². The predicted molar refractivity (Wildman–Crippen MR) is 243 cm³/mol. The van der Waals surface area contributed by atoms with Crippen molar-refractivity contribution in [1.29, 1.82) is 0 Å². The van der Waals surface area contributed by atoms with E-state index >= 15 is 0 Å². The predicted octanol–water partition coefficient (Wildman–Crippen LogP) is 14.6. The molecule has 0 saturated carbocycles. The Kier molecular flexibility index (Phi) is 8.45. The fourth-order valence-electron chi connectivity index (χ4n) is 8.18. The molecular formula is C55H35N3O. The van der Waals surface area contributed by atoms with Gasteiger partial charge in [-0.15, -0.1) is 0 Å². The van der Waals surface area contributed by atoms with Crippen LogP contribution in [0.3, 0.4) is 0 Å². The molecule has 11 rings (SSSR count). The average molecular weight is 754 g/mol. The molecule has 0 unspecified atom stereocenters. The zero-order valence-corrected chi connectivity index (χ0v) is 32.0. The van der Waals surface area contributed by atoms with E-state index in [4.69, 9.17) is 19.4 Å². The SMILES string of the molecule is c1ccc(-c2ccc(-c3cc(-c4cccc(-c5cccc(-c6cccc7c6nc(-c6ccccc6)c6oc8ccccc8c67)c5)c4)nc(-c4ccccc4)n3)cc2)cc1. The van der Waals surface area contributed by atoms with Crippen molar-refractivity contribution in [2.45, 2.75) is 0 Å². The molecule has 0 radical (unpaired) electrons. The van der Waals surface area contributed by atoms with E-state index in [9.17, 15) is 0 Å². The summed E-state index contributed by atoms with van der Waals surface area (Å²) in [5, 5.41) is 3.24. The molecule has 4 nitrogen and oxygen atoms in total. The largest absolute Gasteiger partial charge is 0.454 e. The van der Waals surface area contributed by atoms with Gasteiger partial charge in [0.05, 0.1) is 16.9 Å². The van der Waals surface area contributed by atoms with E-state index in [1.54, 1.807) is 0 Å². The van der Waals surface area contributed by atoms with Crippen molar-refractivity contribution in [1.82, 2.24) is 15.0 Å². The standard InChI is InChI=1S/C55H35N3O/c1-4-15-36(16-5-1)37-29-31-38(32-30-37)48-35-49(57-55(56-48)40-19-8-3-9-20-40)44-24-13-22-42(34-44)41-21-12-23-43(33-41)45-26-14-27-47-51-46-25-10-11-28-50(46)59-54(51)52(58-53(45)47)39-17-6-2-7-18-39/h1-35H. The maximum absolute atomic E-state index is 6.53. The van der Waals surface area contributed by atoms with Crippen LogP contribution in [0.2, 0.25) is 0 Å². The fraction of sp³-hybridized carbons (Fsp3) is 0. The highest BCUT2D eigenvalue weighted by Gasteiger charge is 2.20. The number of rotatable bonds is 7. The van der Waals surface area contributed by atoms with E-state index in [-0.39, 0.29) is 0 Å². The van der Waals surface area contributed by atoms with Gasteiger partial charge < -0.3 is 4.42 Å². The number of pyridine rings is 1. The lowest BCUT2D eigenvalue weighted by atomic mass is 9.94. The molecule has 0 amide bonds. The number of fused-ring (bicyclic) bond motifs is 5. The van der Waals surface area contributed by atoms with Crippen molar-refractivity contribution >= 4 is 32.8 Å². The summed E-state index contributed by atoms with van der Waals surface area (Å²) in [6.07, 6.45) is 0. The second kappa shape index (κ2) is 14.5. The van der Waals surface area contributed by atoms with Gasteiger partial charge in [0.25, 0.3) is 0 Å². The Morgan fingerprint density at radius 2 is 0.831 bits per heavy atom. The molecule has 276 valence electrons. The topological polar surface area (TPSA) is 51.8 Å². The van der Waals surface area contributed by atoms with Gasteiger partial charge in [-0.25, -0.2) is 15.0 Å². The van der Waals surface area contributed by atoms with Gasteiger partial charge >= 0.3 is 0 Å². The first-order valence-electron chi connectivity index (χ1n) is 19.8. The molecule has 0 bridgehead atoms. The Balaban J connectivity index is 1.01. The quantitative estimate of drug-likeness (QED) is 0.163. The molecule has 0 spiro atoms. The van der Waals surface area contributed by atoms with Crippen LogP contribution in [0.5, 0.6) is 0 Å². The average Bonchev–Trinajstić information content (AvgIpc) is 3.72. The van der Waals surface area contributed by atoms with Crippen LogP contribution in [0.4, 0.5) is 0 Å². The molecule has 0 fully saturated rings. The fourth-order valence-corrected chi connectivity index (χ4v) is 8.18. The van der Waals surface area contributed by atoms with E-state index in [0.29, 0.717) is 5.82 Å². The highest BCUT2D eigenvalue weighted by molar-refractivity contribution is 6.22. The van der Waals surface area contributed by atoms with E-state index in [1.807, 2.05) is 54.6 Å². The van der Waals surface area contributed by atoms with Crippen molar-refractivity contribution in [3.8, 4) is 78.5 Å². The summed E-state index contributed by atoms with van der Waals surface area (Å²) in [6.45, 7) is 0. The van der Waals surface area contributed by atoms with Crippen LogP contribution in [0, 0.1) is 0 Å². The summed E-state index contributed by atoms with van der Waals surface area (Å²) in [7, 11) is 0. The minimum Gasteiger partial charge on any atom is -0.454 e. The van der Waals surface area contributed by atoms with Gasteiger partial charge in [-0.05, 0) is 52.1 Å². The molecule has 59 heavy (non-hydrogen) atoms. The van der Waals surface area contributed by atoms with E-state index in [1.165, 1.54) is 11.1 Å². The molecule has 0 N–H and O–H groups in total. The third-order valence-electron chi connectivity index (χ3n) is 11.1. The molecule has 8 aromatic carbocycles.